The van der Waals surface area contributed by atoms with Crippen molar-refractivity contribution in [3.05, 3.63) is 82.4 Å². The second-order valence-corrected chi connectivity index (χ2v) is 8.94. The van der Waals surface area contributed by atoms with Crippen LogP contribution in [0.4, 0.5) is 11.4 Å². The first-order valence-corrected chi connectivity index (χ1v) is 11.6. The van der Waals surface area contributed by atoms with Crippen LogP contribution in [0.5, 0.6) is 17.2 Å². The van der Waals surface area contributed by atoms with Gasteiger partial charge in [-0.2, -0.15) is 0 Å². The average molecular weight is 507 g/mol. The lowest BCUT2D eigenvalue weighted by atomic mass is 9.94. The van der Waals surface area contributed by atoms with Crippen LogP contribution in [0.25, 0.3) is 5.76 Å². The molecule has 9 heteroatoms. The number of nitrogens with zero attached hydrogens (tertiary/aromatic N) is 2. The molecular formula is C27H23ClN2O6. The minimum atomic E-state index is -0.958. The van der Waals surface area contributed by atoms with Crippen LogP contribution in [-0.2, 0) is 9.59 Å². The number of ketones is 1. The highest BCUT2D eigenvalue weighted by atomic mass is 35.5. The molecule has 2 N–H and O–H groups in total. The summed E-state index contributed by atoms with van der Waals surface area (Å²) in [5.74, 6) is -0.840. The molecule has 0 aliphatic carbocycles. The van der Waals surface area contributed by atoms with Crippen LogP contribution in [0.1, 0.15) is 17.2 Å². The van der Waals surface area contributed by atoms with E-state index in [2.05, 4.69) is 0 Å². The highest BCUT2D eigenvalue weighted by molar-refractivity contribution is 6.51. The predicted molar refractivity (Wildman–Crippen MR) is 136 cm³/mol. The minimum Gasteiger partial charge on any atom is -0.508 e. The quantitative estimate of drug-likeness (QED) is 0.305. The third kappa shape index (κ3) is 3.89. The van der Waals surface area contributed by atoms with Gasteiger partial charge in [0.25, 0.3) is 11.7 Å². The number of aromatic hydroxyl groups is 1. The molecule has 184 valence electrons. The molecule has 0 spiro atoms. The molecule has 2 heterocycles. The number of hydrogen-bond donors (Lipinski definition) is 2. The molecule has 2 aliphatic heterocycles. The summed E-state index contributed by atoms with van der Waals surface area (Å²) in [6.07, 6.45) is 0. The monoisotopic (exact) mass is 506 g/mol. The summed E-state index contributed by atoms with van der Waals surface area (Å²) < 4.78 is 10.9. The van der Waals surface area contributed by atoms with Gasteiger partial charge in [0.05, 0.1) is 36.0 Å². The van der Waals surface area contributed by atoms with Crippen molar-refractivity contribution >= 4 is 40.4 Å². The van der Waals surface area contributed by atoms with Gasteiger partial charge in [-0.1, -0.05) is 23.7 Å². The topological polar surface area (TPSA) is 99.5 Å². The molecule has 1 saturated heterocycles. The average Bonchev–Trinajstić information content (AvgIpc) is 3.14. The van der Waals surface area contributed by atoms with Crippen molar-refractivity contribution in [1.82, 2.24) is 0 Å². The van der Waals surface area contributed by atoms with Crippen molar-refractivity contribution in [3.63, 3.8) is 0 Å². The Balaban J connectivity index is 1.69. The Kier molecular flexibility index (Phi) is 5.97. The molecular weight excluding hydrogens is 484 g/mol. The largest absolute Gasteiger partial charge is 0.508 e. The van der Waals surface area contributed by atoms with Gasteiger partial charge in [-0.05, 0) is 54.1 Å². The van der Waals surface area contributed by atoms with Crippen LogP contribution in [0.3, 0.4) is 0 Å². The lowest BCUT2D eigenvalue weighted by Gasteiger charge is -2.28. The second-order valence-electron chi connectivity index (χ2n) is 8.53. The molecule has 1 amide bonds. The number of amides is 1. The van der Waals surface area contributed by atoms with Crippen LogP contribution >= 0.6 is 11.6 Å². The van der Waals surface area contributed by atoms with Crippen LogP contribution in [0.2, 0.25) is 5.02 Å². The molecule has 3 aromatic rings. The van der Waals surface area contributed by atoms with Gasteiger partial charge in [-0.25, -0.2) is 0 Å². The summed E-state index contributed by atoms with van der Waals surface area (Å²) in [5.41, 5.74) is 1.96. The van der Waals surface area contributed by atoms with Gasteiger partial charge in [0.15, 0.2) is 0 Å². The zero-order valence-electron chi connectivity index (χ0n) is 19.6. The fraction of sp³-hybridized carbons (Fsp3) is 0.185. The molecule has 0 radical (unpaired) electrons. The number of aliphatic hydroxyl groups is 1. The summed E-state index contributed by atoms with van der Waals surface area (Å²) in [5, 5.41) is 21.5. The Morgan fingerprint density at radius 1 is 1.08 bits per heavy atom. The van der Waals surface area contributed by atoms with Crippen molar-refractivity contribution in [1.29, 1.82) is 0 Å². The van der Waals surface area contributed by atoms with E-state index in [0.29, 0.717) is 41.5 Å². The Labute approximate surface area is 212 Å². The Hall–Kier alpha value is -4.17. The van der Waals surface area contributed by atoms with E-state index in [4.69, 9.17) is 21.1 Å². The number of halogens is 1. The van der Waals surface area contributed by atoms with Crippen LogP contribution in [0.15, 0.2) is 66.2 Å². The fourth-order valence-electron chi connectivity index (χ4n) is 4.53. The van der Waals surface area contributed by atoms with Gasteiger partial charge in [-0.3, -0.25) is 14.5 Å². The number of rotatable bonds is 4. The normalized spacial score (nSPS) is 18.7. The summed E-state index contributed by atoms with van der Waals surface area (Å²) in [4.78, 5) is 30.0. The van der Waals surface area contributed by atoms with Gasteiger partial charge < -0.3 is 24.6 Å². The third-order valence-electron chi connectivity index (χ3n) is 6.39. The van der Waals surface area contributed by atoms with Crippen molar-refractivity contribution in [2.24, 2.45) is 0 Å². The molecule has 3 aromatic carbocycles. The number of phenolic OH excluding ortho intramolecular Hbond substituents is 1. The first kappa shape index (κ1) is 23.6. The maximum Gasteiger partial charge on any atom is 0.300 e. The molecule has 36 heavy (non-hydrogen) atoms. The molecule has 5 rings (SSSR count). The molecule has 8 nitrogen and oxygen atoms in total. The van der Waals surface area contributed by atoms with E-state index in [0.717, 1.165) is 5.69 Å². The van der Waals surface area contributed by atoms with E-state index in [-0.39, 0.29) is 22.1 Å². The van der Waals surface area contributed by atoms with Gasteiger partial charge in [-0.15, -0.1) is 0 Å². The van der Waals surface area contributed by atoms with Crippen molar-refractivity contribution < 1.29 is 29.3 Å². The van der Waals surface area contributed by atoms with Gasteiger partial charge >= 0.3 is 0 Å². The van der Waals surface area contributed by atoms with E-state index < -0.39 is 17.7 Å². The molecule has 2 aliphatic rings. The zero-order valence-corrected chi connectivity index (χ0v) is 20.3. The van der Waals surface area contributed by atoms with Crippen molar-refractivity contribution in [2.75, 3.05) is 37.1 Å². The Morgan fingerprint density at radius 3 is 2.53 bits per heavy atom. The maximum atomic E-state index is 13.4. The predicted octanol–water partition coefficient (Wildman–Crippen LogP) is 4.51. The van der Waals surface area contributed by atoms with E-state index >= 15 is 0 Å². The number of methoxy groups -OCH3 is 1. The van der Waals surface area contributed by atoms with Gasteiger partial charge in [0.2, 0.25) is 0 Å². The molecule has 0 saturated carbocycles. The lowest BCUT2D eigenvalue weighted by molar-refractivity contribution is -0.132. The SMILES string of the molecule is COc1ccc(N2C(=O)C(=O)/C(=C(\O)c3ccc4c(c3)N(C)CCO4)C2c2ccc(O)cc2)cc1Cl. The minimum absolute atomic E-state index is 0.0286. The number of carbonyl (C=O) groups excluding carboxylic acids is 2. The van der Waals surface area contributed by atoms with E-state index in [1.807, 2.05) is 11.9 Å². The number of phenols is 1. The van der Waals surface area contributed by atoms with Crippen molar-refractivity contribution in [2.45, 2.75) is 6.04 Å². The third-order valence-corrected chi connectivity index (χ3v) is 6.69. The smallest absolute Gasteiger partial charge is 0.300 e. The molecule has 0 bridgehead atoms. The van der Waals surface area contributed by atoms with Gasteiger partial charge in [0.1, 0.15) is 29.6 Å². The van der Waals surface area contributed by atoms with Crippen molar-refractivity contribution in [3.8, 4) is 17.2 Å². The summed E-state index contributed by atoms with van der Waals surface area (Å²) in [7, 11) is 3.39. The van der Waals surface area contributed by atoms with E-state index in [1.54, 1.807) is 42.5 Å². The number of fused-ring (bicyclic) bond motifs is 1. The van der Waals surface area contributed by atoms with Crippen LogP contribution < -0.4 is 19.3 Å². The van der Waals surface area contributed by atoms with E-state index in [1.165, 1.54) is 30.2 Å². The Morgan fingerprint density at radius 2 is 1.83 bits per heavy atom. The molecule has 0 aromatic heterocycles. The highest BCUT2D eigenvalue weighted by Crippen LogP contribution is 2.44. The first-order chi connectivity index (χ1) is 17.3. The second kappa shape index (κ2) is 9.13. The zero-order chi connectivity index (χ0) is 25.6. The summed E-state index contributed by atoms with van der Waals surface area (Å²) >= 11 is 6.32. The van der Waals surface area contributed by atoms with Gasteiger partial charge in [0, 0.05) is 18.3 Å². The fourth-order valence-corrected chi connectivity index (χ4v) is 4.78. The number of likely N-dealkylation sites (N-methyl/N-ethyl adjacent to an activating group) is 1. The van der Waals surface area contributed by atoms with E-state index in [9.17, 15) is 19.8 Å². The van der Waals surface area contributed by atoms with Crippen LogP contribution in [-0.4, -0.2) is 49.2 Å². The number of hydrogen-bond acceptors (Lipinski definition) is 7. The molecule has 1 unspecified atom stereocenters. The highest BCUT2D eigenvalue weighted by Gasteiger charge is 2.47. The Bertz CT molecular complexity index is 1400. The summed E-state index contributed by atoms with van der Waals surface area (Å²) in [6, 6.07) is 15.0. The lowest BCUT2D eigenvalue weighted by Crippen LogP contribution is -2.29. The number of carbonyl (C=O) groups is 2. The standard InChI is InChI=1S/C27H23ClN2O6/c1-29-11-12-36-22-9-5-16(13-20(22)29)25(32)23-24(15-3-7-18(31)8-4-15)30(27(34)26(23)33)17-6-10-21(35-2)19(28)14-17/h3-10,13-14,24,31-32H,11-12H2,1-2H3/b25-23-. The number of anilines is 2. The first-order valence-electron chi connectivity index (χ1n) is 11.2. The molecule has 1 atom stereocenters. The molecule has 1 fully saturated rings. The number of aliphatic hydroxyl groups excluding tert-OH is 1. The maximum absolute atomic E-state index is 13.4. The summed E-state index contributed by atoms with van der Waals surface area (Å²) in [6.45, 7) is 1.22. The van der Waals surface area contributed by atoms with Crippen LogP contribution in [0, 0.1) is 0 Å². The number of Topliss-reactive ketones (excluding diaryl/α,β-unsaturated/α-hetero) is 1. The number of ether oxygens (including phenoxy) is 2. The number of benzene rings is 3.